The third-order valence-corrected chi connectivity index (χ3v) is 8.59. The number of carbonyl (C=O) groups excluding carboxylic acids is 2. The first-order valence-corrected chi connectivity index (χ1v) is 14.3. The van der Waals surface area contributed by atoms with Crippen LogP contribution >= 0.6 is 23.1 Å². The van der Waals surface area contributed by atoms with Crippen molar-refractivity contribution in [2.24, 2.45) is 0 Å². The van der Waals surface area contributed by atoms with E-state index < -0.39 is 0 Å². The maximum Gasteiger partial charge on any atom is 0.240 e. The van der Waals surface area contributed by atoms with Crippen molar-refractivity contribution in [2.75, 3.05) is 17.2 Å². The molecular formula is C29H30N4O2S2. The standard InChI is InChI=1S/C29H30N4O2S2/c1-18(2)30-24(34)16-32-25(35)17-37-28(23-11-8-14-36-23)26-27(21-9-6-5-7-10-21)31-33(29(26)32)22-13-12-19(3)15-20(22)4/h5-15,18,28H,16-17H2,1-4H3,(H,30,34)/t28-/m1/s1. The topological polar surface area (TPSA) is 67.2 Å². The summed E-state index contributed by atoms with van der Waals surface area (Å²) >= 11 is 3.27. The molecule has 0 radical (unpaired) electrons. The number of anilines is 1. The third-order valence-electron chi connectivity index (χ3n) is 6.27. The minimum atomic E-state index is -0.191. The highest BCUT2D eigenvalue weighted by Crippen LogP contribution is 2.49. The van der Waals surface area contributed by atoms with Crippen molar-refractivity contribution in [1.29, 1.82) is 0 Å². The fourth-order valence-electron chi connectivity index (χ4n) is 4.72. The Labute approximate surface area is 225 Å². The van der Waals surface area contributed by atoms with Gasteiger partial charge in [-0.1, -0.05) is 54.1 Å². The summed E-state index contributed by atoms with van der Waals surface area (Å²) in [6.45, 7) is 7.89. The van der Waals surface area contributed by atoms with E-state index in [-0.39, 0.29) is 35.4 Å². The SMILES string of the molecule is Cc1ccc(-n2nc(-c3ccccc3)c3c2N(CC(=O)NC(C)C)C(=O)CS[C@@H]3c2cccs2)c(C)c1. The largest absolute Gasteiger partial charge is 0.352 e. The summed E-state index contributed by atoms with van der Waals surface area (Å²) in [6.07, 6.45) is 0. The van der Waals surface area contributed by atoms with Gasteiger partial charge in [-0.15, -0.1) is 23.1 Å². The number of aryl methyl sites for hydroxylation is 2. The zero-order valence-electron chi connectivity index (χ0n) is 21.4. The number of nitrogens with one attached hydrogen (secondary N) is 1. The van der Waals surface area contributed by atoms with E-state index in [9.17, 15) is 9.59 Å². The van der Waals surface area contributed by atoms with Gasteiger partial charge in [0.15, 0.2) is 0 Å². The first-order chi connectivity index (χ1) is 17.8. The Balaban J connectivity index is 1.81. The van der Waals surface area contributed by atoms with Crippen LogP contribution in [0, 0.1) is 13.8 Å². The fraction of sp³-hybridized carbons (Fsp3) is 0.276. The van der Waals surface area contributed by atoms with Crippen LogP contribution in [0.25, 0.3) is 16.9 Å². The fourth-order valence-corrected chi connectivity index (χ4v) is 6.89. The zero-order chi connectivity index (χ0) is 26.1. The van der Waals surface area contributed by atoms with Gasteiger partial charge in [-0.2, -0.15) is 5.10 Å². The number of benzene rings is 2. The summed E-state index contributed by atoms with van der Waals surface area (Å²) in [5.41, 5.74) is 5.85. The van der Waals surface area contributed by atoms with Crippen molar-refractivity contribution in [3.05, 3.63) is 87.6 Å². The lowest BCUT2D eigenvalue weighted by atomic mass is 10.0. The van der Waals surface area contributed by atoms with Gasteiger partial charge < -0.3 is 5.32 Å². The van der Waals surface area contributed by atoms with Crippen LogP contribution in [0.15, 0.2) is 66.0 Å². The van der Waals surface area contributed by atoms with E-state index in [1.807, 2.05) is 61.0 Å². The smallest absolute Gasteiger partial charge is 0.240 e. The second-order valence-electron chi connectivity index (χ2n) is 9.56. The highest BCUT2D eigenvalue weighted by Gasteiger charge is 2.38. The van der Waals surface area contributed by atoms with Crippen LogP contribution in [0.4, 0.5) is 5.82 Å². The number of aromatic nitrogens is 2. The normalized spacial score (nSPS) is 15.5. The van der Waals surface area contributed by atoms with Crippen molar-refractivity contribution in [1.82, 2.24) is 15.1 Å². The van der Waals surface area contributed by atoms with Gasteiger partial charge in [0.25, 0.3) is 0 Å². The lowest BCUT2D eigenvalue weighted by molar-refractivity contribution is -0.123. The molecule has 0 saturated carbocycles. The number of fused-ring (bicyclic) bond motifs is 1. The monoisotopic (exact) mass is 530 g/mol. The van der Waals surface area contributed by atoms with Crippen molar-refractivity contribution in [3.63, 3.8) is 0 Å². The molecule has 1 aliphatic rings. The lowest BCUT2D eigenvalue weighted by Crippen LogP contribution is -2.44. The molecule has 6 nitrogen and oxygen atoms in total. The van der Waals surface area contributed by atoms with Crippen LogP contribution < -0.4 is 10.2 Å². The molecule has 2 aromatic carbocycles. The van der Waals surface area contributed by atoms with E-state index in [1.54, 1.807) is 28.0 Å². The lowest BCUT2D eigenvalue weighted by Gasteiger charge is -2.24. The van der Waals surface area contributed by atoms with Crippen molar-refractivity contribution >= 4 is 40.7 Å². The molecule has 0 fully saturated rings. The molecule has 2 amide bonds. The molecule has 2 aromatic heterocycles. The Morgan fingerprint density at radius 3 is 2.57 bits per heavy atom. The number of hydrogen-bond acceptors (Lipinski definition) is 5. The molecule has 5 rings (SSSR count). The molecule has 0 unspecified atom stereocenters. The minimum absolute atomic E-state index is 0.0218. The molecule has 0 spiro atoms. The van der Waals surface area contributed by atoms with E-state index in [0.29, 0.717) is 5.82 Å². The summed E-state index contributed by atoms with van der Waals surface area (Å²) in [5.74, 6) is 0.643. The van der Waals surface area contributed by atoms with Gasteiger partial charge in [-0.25, -0.2) is 4.68 Å². The summed E-state index contributed by atoms with van der Waals surface area (Å²) < 4.78 is 1.87. The third kappa shape index (κ3) is 5.08. The highest BCUT2D eigenvalue weighted by atomic mass is 32.2. The summed E-state index contributed by atoms with van der Waals surface area (Å²) in [5, 5.41) is 10.1. The Morgan fingerprint density at radius 1 is 1.11 bits per heavy atom. The van der Waals surface area contributed by atoms with Crippen LogP contribution in [-0.2, 0) is 9.59 Å². The van der Waals surface area contributed by atoms with Crippen molar-refractivity contribution in [2.45, 2.75) is 39.0 Å². The molecule has 37 heavy (non-hydrogen) atoms. The first-order valence-electron chi connectivity index (χ1n) is 12.3. The van der Waals surface area contributed by atoms with Gasteiger partial charge >= 0.3 is 0 Å². The van der Waals surface area contributed by atoms with E-state index in [0.717, 1.165) is 38.5 Å². The van der Waals surface area contributed by atoms with Crippen molar-refractivity contribution < 1.29 is 9.59 Å². The van der Waals surface area contributed by atoms with E-state index in [2.05, 4.69) is 42.7 Å². The molecule has 8 heteroatoms. The average Bonchev–Trinajstić information content (AvgIpc) is 3.49. The quantitative estimate of drug-likeness (QED) is 0.337. The highest BCUT2D eigenvalue weighted by molar-refractivity contribution is 8.00. The summed E-state index contributed by atoms with van der Waals surface area (Å²) in [4.78, 5) is 29.5. The van der Waals surface area contributed by atoms with Gasteiger partial charge in [-0.05, 0) is 50.8 Å². The van der Waals surface area contributed by atoms with Crippen LogP contribution in [-0.4, -0.2) is 39.9 Å². The van der Waals surface area contributed by atoms with Gasteiger partial charge in [0.1, 0.15) is 12.4 Å². The number of amides is 2. The first kappa shape index (κ1) is 25.3. The van der Waals surface area contributed by atoms with Crippen LogP contribution in [0.2, 0.25) is 0 Å². The van der Waals surface area contributed by atoms with E-state index in [1.165, 1.54) is 0 Å². The van der Waals surface area contributed by atoms with Crippen LogP contribution in [0.3, 0.4) is 0 Å². The molecule has 0 bridgehead atoms. The van der Waals surface area contributed by atoms with Crippen molar-refractivity contribution in [3.8, 4) is 16.9 Å². The zero-order valence-corrected chi connectivity index (χ0v) is 23.0. The number of thiophene rings is 1. The predicted molar refractivity (Wildman–Crippen MR) is 153 cm³/mol. The number of rotatable bonds is 6. The molecular weight excluding hydrogens is 500 g/mol. The number of nitrogens with zero attached hydrogens (tertiary/aromatic N) is 3. The number of thioether (sulfide) groups is 1. The molecule has 0 aliphatic carbocycles. The Bertz CT molecular complexity index is 1430. The molecule has 0 saturated heterocycles. The molecule has 1 N–H and O–H groups in total. The van der Waals surface area contributed by atoms with Gasteiger partial charge in [0.05, 0.1) is 22.4 Å². The van der Waals surface area contributed by atoms with Crippen LogP contribution in [0.1, 0.15) is 40.7 Å². The maximum absolute atomic E-state index is 13.7. The number of hydrogen-bond donors (Lipinski definition) is 1. The molecule has 4 aromatic rings. The summed E-state index contributed by atoms with van der Waals surface area (Å²) in [7, 11) is 0. The van der Waals surface area contributed by atoms with Gasteiger partial charge in [0, 0.05) is 22.0 Å². The second-order valence-corrected chi connectivity index (χ2v) is 11.6. The molecule has 3 heterocycles. The minimum Gasteiger partial charge on any atom is -0.352 e. The summed E-state index contributed by atoms with van der Waals surface area (Å²) in [6, 6.07) is 20.4. The van der Waals surface area contributed by atoms with Gasteiger partial charge in [0.2, 0.25) is 11.8 Å². The maximum atomic E-state index is 13.7. The molecule has 1 aliphatic heterocycles. The van der Waals surface area contributed by atoms with E-state index in [4.69, 9.17) is 5.10 Å². The Hall–Kier alpha value is -3.36. The van der Waals surface area contributed by atoms with Crippen LogP contribution in [0.5, 0.6) is 0 Å². The number of carbonyl (C=O) groups is 2. The second kappa shape index (κ2) is 10.6. The molecule has 1 atom stereocenters. The Kier molecular flexibility index (Phi) is 7.22. The Morgan fingerprint density at radius 2 is 1.89 bits per heavy atom. The predicted octanol–water partition coefficient (Wildman–Crippen LogP) is 5.91. The molecule has 190 valence electrons. The van der Waals surface area contributed by atoms with E-state index >= 15 is 0 Å². The average molecular weight is 531 g/mol. The van der Waals surface area contributed by atoms with Gasteiger partial charge in [-0.3, -0.25) is 14.5 Å².